The van der Waals surface area contributed by atoms with Crippen molar-refractivity contribution in [2.45, 2.75) is 39.7 Å². The van der Waals surface area contributed by atoms with Crippen LogP contribution in [0.1, 0.15) is 33.6 Å². The molecule has 0 heterocycles. The molecule has 0 rings (SSSR count). The Kier molecular flexibility index (Phi) is 8.11. The molecule has 2 amide bonds. The monoisotopic (exact) mass is 260 g/mol. The predicted molar refractivity (Wildman–Crippen MR) is 68.4 cm³/mol. The quantitative estimate of drug-likeness (QED) is 0.605. The van der Waals surface area contributed by atoms with Gasteiger partial charge in [0.25, 0.3) is 0 Å². The Bertz CT molecular complexity index is 267. The molecule has 0 aromatic carbocycles. The highest BCUT2D eigenvalue weighted by atomic mass is 16.4. The number of hydrogen-bond donors (Lipinski definition) is 3. The van der Waals surface area contributed by atoms with Crippen molar-refractivity contribution >= 4 is 12.0 Å². The van der Waals surface area contributed by atoms with Gasteiger partial charge in [-0.05, 0) is 12.8 Å². The summed E-state index contributed by atoms with van der Waals surface area (Å²) in [5.41, 5.74) is 0. The van der Waals surface area contributed by atoms with Crippen LogP contribution in [-0.2, 0) is 4.79 Å². The molecule has 1 atom stereocenters. The van der Waals surface area contributed by atoms with Crippen molar-refractivity contribution in [2.75, 3.05) is 19.7 Å². The summed E-state index contributed by atoms with van der Waals surface area (Å²) < 4.78 is 0. The third kappa shape index (κ3) is 5.35. The smallest absolute Gasteiger partial charge is 0.328 e. The molecule has 0 saturated heterocycles. The normalized spacial score (nSPS) is 12.3. The summed E-state index contributed by atoms with van der Waals surface area (Å²) in [6, 6.07) is -1.68. The van der Waals surface area contributed by atoms with Crippen molar-refractivity contribution in [3.63, 3.8) is 0 Å². The Morgan fingerprint density at radius 3 is 2.11 bits per heavy atom. The predicted octanol–water partition coefficient (Wildman–Crippen LogP) is 0.900. The number of carboxylic acids is 1. The first-order chi connectivity index (χ1) is 8.49. The van der Waals surface area contributed by atoms with Crippen LogP contribution in [0.5, 0.6) is 0 Å². The van der Waals surface area contributed by atoms with Gasteiger partial charge in [-0.2, -0.15) is 0 Å². The van der Waals surface area contributed by atoms with Gasteiger partial charge in [0.2, 0.25) is 0 Å². The highest BCUT2D eigenvalue weighted by Gasteiger charge is 2.22. The van der Waals surface area contributed by atoms with E-state index < -0.39 is 24.6 Å². The molecule has 0 radical (unpaired) electrons. The van der Waals surface area contributed by atoms with Gasteiger partial charge in [0.05, 0.1) is 6.61 Å². The lowest BCUT2D eigenvalue weighted by molar-refractivity contribution is -0.140. The second-order valence-electron chi connectivity index (χ2n) is 4.24. The van der Waals surface area contributed by atoms with Gasteiger partial charge < -0.3 is 20.4 Å². The number of carbonyl (C=O) groups excluding carboxylic acids is 1. The molecular formula is C12H24N2O4. The van der Waals surface area contributed by atoms with Gasteiger partial charge in [-0.15, -0.1) is 0 Å². The number of urea groups is 1. The third-order valence-electron chi connectivity index (χ3n) is 3.08. The van der Waals surface area contributed by atoms with Gasteiger partial charge in [0.1, 0.15) is 0 Å². The van der Waals surface area contributed by atoms with Crippen LogP contribution in [0.3, 0.4) is 0 Å². The lowest BCUT2D eigenvalue weighted by atomic mass is 10.0. The molecule has 106 valence electrons. The van der Waals surface area contributed by atoms with Crippen LogP contribution in [0.15, 0.2) is 0 Å². The number of aliphatic hydroxyl groups is 1. The molecule has 0 aromatic rings. The minimum absolute atomic E-state index is 0.410. The fourth-order valence-corrected chi connectivity index (χ4v) is 1.64. The van der Waals surface area contributed by atoms with E-state index >= 15 is 0 Å². The molecule has 0 unspecified atom stereocenters. The molecule has 6 nitrogen and oxygen atoms in total. The van der Waals surface area contributed by atoms with Crippen molar-refractivity contribution in [3.05, 3.63) is 0 Å². The van der Waals surface area contributed by atoms with Crippen molar-refractivity contribution in [2.24, 2.45) is 5.92 Å². The first-order valence-electron chi connectivity index (χ1n) is 6.39. The fourth-order valence-electron chi connectivity index (χ4n) is 1.64. The Morgan fingerprint density at radius 2 is 1.78 bits per heavy atom. The van der Waals surface area contributed by atoms with Gasteiger partial charge in [-0.3, -0.25) is 0 Å². The standard InChI is InChI=1S/C12H24N2O4/c1-4-9(5-2)7-14(6-3)12(18)13-10(8-15)11(16)17/h9-10,15H,4-8H2,1-3H3,(H,13,18)(H,16,17)/t10-/m0/s1. The molecular weight excluding hydrogens is 236 g/mol. The zero-order chi connectivity index (χ0) is 14.1. The maximum atomic E-state index is 11.9. The molecule has 0 aromatic heterocycles. The molecule has 6 heteroatoms. The van der Waals surface area contributed by atoms with Crippen LogP contribution in [0.4, 0.5) is 4.79 Å². The number of carbonyl (C=O) groups is 2. The average molecular weight is 260 g/mol. The van der Waals surface area contributed by atoms with E-state index in [-0.39, 0.29) is 0 Å². The highest BCUT2D eigenvalue weighted by Crippen LogP contribution is 2.10. The number of aliphatic carboxylic acids is 1. The van der Waals surface area contributed by atoms with Gasteiger partial charge in [0, 0.05) is 13.1 Å². The fraction of sp³-hybridized carbons (Fsp3) is 0.833. The van der Waals surface area contributed by atoms with Crippen LogP contribution in [-0.4, -0.2) is 52.9 Å². The Morgan fingerprint density at radius 1 is 1.22 bits per heavy atom. The number of hydrogen-bond acceptors (Lipinski definition) is 3. The number of aliphatic hydroxyl groups excluding tert-OH is 1. The maximum Gasteiger partial charge on any atom is 0.328 e. The molecule has 0 aliphatic carbocycles. The summed E-state index contributed by atoms with van der Waals surface area (Å²) in [6.45, 7) is 6.48. The lowest BCUT2D eigenvalue weighted by Crippen LogP contribution is -2.50. The molecule has 3 N–H and O–H groups in total. The largest absolute Gasteiger partial charge is 0.480 e. The van der Waals surface area contributed by atoms with E-state index in [9.17, 15) is 9.59 Å². The van der Waals surface area contributed by atoms with E-state index in [0.29, 0.717) is 19.0 Å². The van der Waals surface area contributed by atoms with Crippen LogP contribution in [0, 0.1) is 5.92 Å². The van der Waals surface area contributed by atoms with E-state index in [0.717, 1.165) is 12.8 Å². The van der Waals surface area contributed by atoms with E-state index in [2.05, 4.69) is 19.2 Å². The average Bonchev–Trinajstić information content (AvgIpc) is 2.36. The zero-order valence-corrected chi connectivity index (χ0v) is 11.3. The molecule has 18 heavy (non-hydrogen) atoms. The van der Waals surface area contributed by atoms with Gasteiger partial charge in [-0.25, -0.2) is 9.59 Å². The maximum absolute atomic E-state index is 11.9. The minimum atomic E-state index is -1.24. The Hall–Kier alpha value is -1.30. The number of nitrogens with one attached hydrogen (secondary N) is 1. The summed E-state index contributed by atoms with van der Waals surface area (Å²) in [7, 11) is 0. The topological polar surface area (TPSA) is 89.9 Å². The molecule has 0 aliphatic rings. The van der Waals surface area contributed by atoms with Gasteiger partial charge in [0.15, 0.2) is 6.04 Å². The van der Waals surface area contributed by atoms with E-state index in [1.54, 1.807) is 4.90 Å². The number of amides is 2. The van der Waals surface area contributed by atoms with Crippen molar-refractivity contribution in [1.82, 2.24) is 10.2 Å². The summed E-state index contributed by atoms with van der Waals surface area (Å²) in [5.74, 6) is -0.822. The van der Waals surface area contributed by atoms with Crippen molar-refractivity contribution < 1.29 is 19.8 Å². The van der Waals surface area contributed by atoms with Crippen LogP contribution in [0.25, 0.3) is 0 Å². The summed E-state index contributed by atoms with van der Waals surface area (Å²) >= 11 is 0. The van der Waals surface area contributed by atoms with Gasteiger partial charge >= 0.3 is 12.0 Å². The SMILES string of the molecule is CCC(CC)CN(CC)C(=O)N[C@@H](CO)C(=O)O. The number of nitrogens with zero attached hydrogens (tertiary/aromatic N) is 1. The molecule has 0 saturated carbocycles. The first kappa shape index (κ1) is 16.7. The second-order valence-corrected chi connectivity index (χ2v) is 4.24. The van der Waals surface area contributed by atoms with Crippen LogP contribution in [0.2, 0.25) is 0 Å². The van der Waals surface area contributed by atoms with Crippen molar-refractivity contribution in [1.29, 1.82) is 0 Å². The second kappa shape index (κ2) is 8.74. The summed E-state index contributed by atoms with van der Waals surface area (Å²) in [6.07, 6.45) is 1.95. The molecule has 0 fully saturated rings. The zero-order valence-electron chi connectivity index (χ0n) is 11.3. The first-order valence-corrected chi connectivity index (χ1v) is 6.39. The van der Waals surface area contributed by atoms with Crippen LogP contribution >= 0.6 is 0 Å². The van der Waals surface area contributed by atoms with E-state index in [1.165, 1.54) is 0 Å². The highest BCUT2D eigenvalue weighted by molar-refractivity contribution is 5.82. The van der Waals surface area contributed by atoms with E-state index in [4.69, 9.17) is 10.2 Å². The number of carboxylic acid groups (broad SMARTS) is 1. The van der Waals surface area contributed by atoms with Crippen LogP contribution < -0.4 is 5.32 Å². The molecule has 0 bridgehead atoms. The van der Waals surface area contributed by atoms with Crippen molar-refractivity contribution in [3.8, 4) is 0 Å². The Balaban J connectivity index is 4.46. The minimum Gasteiger partial charge on any atom is -0.480 e. The van der Waals surface area contributed by atoms with Gasteiger partial charge in [-0.1, -0.05) is 26.7 Å². The van der Waals surface area contributed by atoms with E-state index in [1.807, 2.05) is 6.92 Å². The summed E-state index contributed by atoms with van der Waals surface area (Å²) in [4.78, 5) is 24.1. The lowest BCUT2D eigenvalue weighted by Gasteiger charge is -2.26. The number of rotatable bonds is 8. The summed E-state index contributed by atoms with van der Waals surface area (Å²) in [5, 5.41) is 19.9. The third-order valence-corrected chi connectivity index (χ3v) is 3.08. The molecule has 0 spiro atoms. The Labute approximate surface area is 108 Å². The molecule has 0 aliphatic heterocycles.